The predicted octanol–water partition coefficient (Wildman–Crippen LogP) is 4.49. The number of aliphatic imine (C=N–C) groups is 1. The van der Waals surface area contributed by atoms with Gasteiger partial charge in [-0.05, 0) is 55.5 Å². The molecule has 1 aliphatic heterocycles. The van der Waals surface area contributed by atoms with E-state index in [1.165, 1.54) is 23.3 Å². The normalized spacial score (nSPS) is 19.5. The maximum atomic E-state index is 13.4. The minimum atomic E-state index is -0.223. The molecule has 0 saturated carbocycles. The molecule has 31 heavy (non-hydrogen) atoms. The third-order valence-corrected chi connectivity index (χ3v) is 6.02. The Hall–Kier alpha value is -2.86. The van der Waals surface area contributed by atoms with Crippen LogP contribution in [0.15, 0.2) is 53.7 Å². The number of aryl methyl sites for hydroxylation is 1. The fraction of sp³-hybridized carbons (Fsp3) is 0.400. The van der Waals surface area contributed by atoms with Crippen LogP contribution in [-0.2, 0) is 11.2 Å². The minimum Gasteiger partial charge on any atom is -0.373 e. The molecule has 0 aliphatic carbocycles. The first kappa shape index (κ1) is 21.4. The van der Waals surface area contributed by atoms with Crippen LogP contribution in [0.3, 0.4) is 0 Å². The molecule has 5 nitrogen and oxygen atoms in total. The molecule has 3 N–H and O–H groups in total. The molecular weight excluding hydrogens is 391 g/mol. The maximum absolute atomic E-state index is 13.4. The van der Waals surface area contributed by atoms with Crippen molar-refractivity contribution >= 4 is 16.9 Å². The number of fused-ring (bicyclic) bond motifs is 1. The van der Waals surface area contributed by atoms with Crippen LogP contribution in [0.2, 0.25) is 0 Å². The molecule has 4 rings (SSSR count). The average Bonchev–Trinajstić information content (AvgIpc) is 3.19. The van der Waals surface area contributed by atoms with Crippen LogP contribution in [0.1, 0.15) is 35.6 Å². The predicted molar refractivity (Wildman–Crippen MR) is 124 cm³/mol. The Morgan fingerprint density at radius 1 is 1.19 bits per heavy atom. The maximum Gasteiger partial charge on any atom is 0.190 e. The van der Waals surface area contributed by atoms with Crippen molar-refractivity contribution < 1.29 is 9.13 Å². The largest absolute Gasteiger partial charge is 0.373 e. The van der Waals surface area contributed by atoms with Crippen molar-refractivity contribution in [2.45, 2.75) is 32.3 Å². The minimum absolute atomic E-state index is 0.117. The van der Waals surface area contributed by atoms with Crippen molar-refractivity contribution in [3.63, 3.8) is 0 Å². The molecule has 0 amide bonds. The lowest BCUT2D eigenvalue weighted by atomic mass is 9.89. The highest BCUT2D eigenvalue weighted by Gasteiger charge is 2.27. The smallest absolute Gasteiger partial charge is 0.190 e. The second-order valence-electron chi connectivity index (χ2n) is 8.24. The topological polar surface area (TPSA) is 61.4 Å². The van der Waals surface area contributed by atoms with Gasteiger partial charge in [-0.3, -0.25) is 4.99 Å². The highest BCUT2D eigenvalue weighted by atomic mass is 19.1. The Bertz CT molecular complexity index is 1030. The Morgan fingerprint density at radius 3 is 2.84 bits per heavy atom. The first-order chi connectivity index (χ1) is 15.1. The molecule has 2 unspecified atom stereocenters. The summed E-state index contributed by atoms with van der Waals surface area (Å²) in [5, 5.41) is 7.93. The van der Waals surface area contributed by atoms with Gasteiger partial charge >= 0.3 is 0 Å². The number of nitrogens with one attached hydrogen (secondary N) is 3. The van der Waals surface area contributed by atoms with Gasteiger partial charge in [0.25, 0.3) is 0 Å². The lowest BCUT2D eigenvalue weighted by molar-refractivity contribution is -0.0265. The zero-order chi connectivity index (χ0) is 21.6. The van der Waals surface area contributed by atoms with Gasteiger partial charge in [0.15, 0.2) is 5.96 Å². The molecule has 3 aromatic rings. The molecule has 1 saturated heterocycles. The van der Waals surface area contributed by atoms with E-state index in [0.29, 0.717) is 5.92 Å². The van der Waals surface area contributed by atoms with E-state index >= 15 is 0 Å². The van der Waals surface area contributed by atoms with Crippen molar-refractivity contribution in [3.05, 3.63) is 71.2 Å². The number of nitrogens with zero attached hydrogens (tertiary/aromatic N) is 1. The number of benzene rings is 2. The van der Waals surface area contributed by atoms with Crippen molar-refractivity contribution in [1.82, 2.24) is 15.6 Å². The van der Waals surface area contributed by atoms with Gasteiger partial charge in [0.1, 0.15) is 5.82 Å². The van der Waals surface area contributed by atoms with Crippen LogP contribution in [0.25, 0.3) is 10.9 Å². The highest BCUT2D eigenvalue weighted by molar-refractivity contribution is 5.83. The number of aromatic nitrogens is 1. The molecule has 1 aromatic heterocycles. The molecule has 2 atom stereocenters. The average molecular weight is 423 g/mol. The summed E-state index contributed by atoms with van der Waals surface area (Å²) < 4.78 is 19.5. The third kappa shape index (κ3) is 5.25. The quantitative estimate of drug-likeness (QED) is 0.405. The van der Waals surface area contributed by atoms with Crippen LogP contribution >= 0.6 is 0 Å². The molecule has 2 heterocycles. The van der Waals surface area contributed by atoms with E-state index in [1.54, 1.807) is 7.05 Å². The molecule has 0 radical (unpaired) electrons. The SMILES string of the molecule is CN=C(NCCc1c[nH]c2cc(F)ccc12)NCC1CCCOC1c1ccc(C)cc1. The number of ether oxygens (including phenoxy) is 1. The molecule has 0 spiro atoms. The lowest BCUT2D eigenvalue weighted by Crippen LogP contribution is -2.42. The number of hydrogen-bond donors (Lipinski definition) is 3. The van der Waals surface area contributed by atoms with Crippen molar-refractivity contribution in [1.29, 1.82) is 0 Å². The molecule has 1 aliphatic rings. The van der Waals surface area contributed by atoms with Crippen LogP contribution in [0.4, 0.5) is 4.39 Å². The van der Waals surface area contributed by atoms with E-state index in [-0.39, 0.29) is 11.9 Å². The van der Waals surface area contributed by atoms with Crippen LogP contribution < -0.4 is 10.6 Å². The number of guanidine groups is 1. The number of rotatable bonds is 6. The molecule has 2 aromatic carbocycles. The summed E-state index contributed by atoms with van der Waals surface area (Å²) in [6.07, 6.45) is 5.11. The number of H-pyrrole nitrogens is 1. The first-order valence-electron chi connectivity index (χ1n) is 11.0. The molecule has 1 fully saturated rings. The standard InChI is InChI=1S/C25H31FN4O/c1-17-5-7-18(8-6-17)24-20(4-3-13-31-24)16-30-25(27-2)28-12-11-19-15-29-23-14-21(26)9-10-22(19)23/h5-10,14-15,20,24,29H,3-4,11-13,16H2,1-2H3,(H2,27,28,30). The Kier molecular flexibility index (Phi) is 6.87. The third-order valence-electron chi connectivity index (χ3n) is 6.02. The van der Waals surface area contributed by atoms with E-state index in [9.17, 15) is 4.39 Å². The van der Waals surface area contributed by atoms with E-state index in [4.69, 9.17) is 4.74 Å². The second kappa shape index (κ2) is 9.96. The van der Waals surface area contributed by atoms with Gasteiger partial charge in [-0.2, -0.15) is 0 Å². The van der Waals surface area contributed by atoms with Gasteiger partial charge in [0.2, 0.25) is 0 Å². The summed E-state index contributed by atoms with van der Waals surface area (Å²) in [6, 6.07) is 13.5. The Labute approximate surface area is 183 Å². The molecule has 164 valence electrons. The Balaban J connectivity index is 1.30. The fourth-order valence-corrected chi connectivity index (χ4v) is 4.31. The van der Waals surface area contributed by atoms with Gasteiger partial charge in [-0.1, -0.05) is 29.8 Å². The van der Waals surface area contributed by atoms with Crippen molar-refractivity contribution in [3.8, 4) is 0 Å². The summed E-state index contributed by atoms with van der Waals surface area (Å²) in [5.41, 5.74) is 4.50. The summed E-state index contributed by atoms with van der Waals surface area (Å²) in [5.74, 6) is 0.969. The summed E-state index contributed by atoms with van der Waals surface area (Å²) >= 11 is 0. The second-order valence-corrected chi connectivity index (χ2v) is 8.24. The molecular formula is C25H31FN4O. The van der Waals surface area contributed by atoms with Gasteiger partial charge in [0.05, 0.1) is 6.10 Å². The molecule has 6 heteroatoms. The van der Waals surface area contributed by atoms with E-state index in [1.807, 2.05) is 12.3 Å². The van der Waals surface area contributed by atoms with Crippen LogP contribution in [-0.4, -0.2) is 37.7 Å². The summed E-state index contributed by atoms with van der Waals surface area (Å²) in [7, 11) is 1.79. The van der Waals surface area contributed by atoms with E-state index in [2.05, 4.69) is 51.8 Å². The van der Waals surface area contributed by atoms with Crippen LogP contribution in [0.5, 0.6) is 0 Å². The van der Waals surface area contributed by atoms with Gasteiger partial charge in [-0.15, -0.1) is 0 Å². The van der Waals surface area contributed by atoms with Gasteiger partial charge < -0.3 is 20.4 Å². The number of hydrogen-bond acceptors (Lipinski definition) is 2. The first-order valence-corrected chi connectivity index (χ1v) is 11.0. The highest BCUT2D eigenvalue weighted by Crippen LogP contribution is 2.33. The zero-order valence-electron chi connectivity index (χ0n) is 18.2. The van der Waals surface area contributed by atoms with Gasteiger partial charge in [-0.25, -0.2) is 4.39 Å². The van der Waals surface area contributed by atoms with E-state index in [0.717, 1.165) is 61.4 Å². The summed E-state index contributed by atoms with van der Waals surface area (Å²) in [6.45, 7) is 4.47. The monoisotopic (exact) mass is 422 g/mol. The summed E-state index contributed by atoms with van der Waals surface area (Å²) in [4.78, 5) is 7.52. The lowest BCUT2D eigenvalue weighted by Gasteiger charge is -2.32. The van der Waals surface area contributed by atoms with Crippen molar-refractivity contribution in [2.75, 3.05) is 26.7 Å². The van der Waals surface area contributed by atoms with Crippen molar-refractivity contribution in [2.24, 2.45) is 10.9 Å². The molecule has 0 bridgehead atoms. The fourth-order valence-electron chi connectivity index (χ4n) is 4.31. The number of aromatic amines is 1. The van der Waals surface area contributed by atoms with Crippen LogP contribution in [0, 0.1) is 18.7 Å². The number of halogens is 1. The Morgan fingerprint density at radius 2 is 2.03 bits per heavy atom. The van der Waals surface area contributed by atoms with Gasteiger partial charge in [0, 0.05) is 49.8 Å². The van der Waals surface area contributed by atoms with E-state index < -0.39 is 0 Å². The zero-order valence-corrected chi connectivity index (χ0v) is 18.2.